The van der Waals surface area contributed by atoms with E-state index in [0.717, 1.165) is 16.9 Å². The molecule has 31 heavy (non-hydrogen) atoms. The van der Waals surface area contributed by atoms with Gasteiger partial charge in [-0.3, -0.25) is 4.79 Å². The predicted molar refractivity (Wildman–Crippen MR) is 138 cm³/mol. The van der Waals surface area contributed by atoms with E-state index in [4.69, 9.17) is 22.1 Å². The molecule has 6 heteroatoms. The Morgan fingerprint density at radius 3 is 1.48 bits per heavy atom. The van der Waals surface area contributed by atoms with Crippen LogP contribution in [-0.2, 0) is 4.79 Å². The average molecular weight is 451 g/mol. The Bertz CT molecular complexity index is 711. The van der Waals surface area contributed by atoms with E-state index >= 15 is 0 Å². The number of carbonyl (C=O) groups is 1. The third kappa shape index (κ3) is 17.9. The molecular formula is C25H42N2O3S. The van der Waals surface area contributed by atoms with Gasteiger partial charge in [-0.05, 0) is 49.3 Å². The maximum absolute atomic E-state index is 10.1. The zero-order valence-electron chi connectivity index (χ0n) is 21.2. The van der Waals surface area contributed by atoms with Crippen molar-refractivity contribution in [1.82, 2.24) is 9.80 Å². The normalized spacial score (nSPS) is 8.23. The number of carbonyl (C=O) groups excluding carboxylic acids is 1. The van der Waals surface area contributed by atoms with Gasteiger partial charge in [-0.25, -0.2) is 0 Å². The highest BCUT2D eigenvalue weighted by Gasteiger charge is 2.03. The number of thiocarbonyl (C=S) groups is 1. The number of nitrogens with zero attached hydrogens (tertiary/aromatic N) is 2. The summed E-state index contributed by atoms with van der Waals surface area (Å²) < 4.78 is 5.46. The average Bonchev–Trinajstić information content (AvgIpc) is 2.75. The zero-order valence-corrected chi connectivity index (χ0v) is 22.0. The van der Waals surface area contributed by atoms with Gasteiger partial charge in [0.2, 0.25) is 5.91 Å². The number of benzene rings is 2. The fourth-order valence-corrected chi connectivity index (χ4v) is 1.51. The zero-order chi connectivity index (χ0) is 25.0. The monoisotopic (exact) mass is 450 g/mol. The second-order valence-electron chi connectivity index (χ2n) is 6.23. The molecule has 1 amide bonds. The molecule has 2 aromatic carbocycles. The summed E-state index contributed by atoms with van der Waals surface area (Å²) >= 11 is 5.02. The van der Waals surface area contributed by atoms with E-state index in [1.807, 2.05) is 98.1 Å². The van der Waals surface area contributed by atoms with E-state index in [1.165, 1.54) is 11.8 Å². The fourth-order valence-electron chi connectivity index (χ4n) is 1.42. The van der Waals surface area contributed by atoms with E-state index in [1.54, 1.807) is 25.1 Å². The van der Waals surface area contributed by atoms with Gasteiger partial charge in [0, 0.05) is 35.1 Å². The van der Waals surface area contributed by atoms with Crippen LogP contribution in [0.5, 0.6) is 11.5 Å². The minimum absolute atomic E-state index is 0.0926. The molecule has 0 aliphatic carbocycles. The van der Waals surface area contributed by atoms with E-state index in [2.05, 4.69) is 0 Å². The topological polar surface area (TPSA) is 53.0 Å². The van der Waals surface area contributed by atoms with Crippen molar-refractivity contribution in [3.8, 4) is 11.5 Å². The van der Waals surface area contributed by atoms with Crippen molar-refractivity contribution in [1.29, 1.82) is 0 Å². The highest BCUT2D eigenvalue weighted by Crippen LogP contribution is 2.16. The van der Waals surface area contributed by atoms with Crippen LogP contribution in [0.15, 0.2) is 48.5 Å². The van der Waals surface area contributed by atoms with E-state index in [-0.39, 0.29) is 5.91 Å². The number of amides is 1. The van der Waals surface area contributed by atoms with Gasteiger partial charge < -0.3 is 19.6 Å². The fraction of sp³-hybridized carbons (Fsp3) is 0.440. The third-order valence-corrected chi connectivity index (χ3v) is 3.85. The Kier molecular flexibility index (Phi) is 22.0. The lowest BCUT2D eigenvalue weighted by atomic mass is 10.2. The maximum Gasteiger partial charge on any atom is 0.264 e. The van der Waals surface area contributed by atoms with Gasteiger partial charge in [0.25, 0.3) is 5.17 Å². The Labute approximate surface area is 195 Å². The number of phenols is 1. The number of hydrogen-bond donors (Lipinski definition) is 1. The molecule has 2 rings (SSSR count). The van der Waals surface area contributed by atoms with Gasteiger partial charge >= 0.3 is 0 Å². The molecule has 0 saturated heterocycles. The predicted octanol–water partition coefficient (Wildman–Crippen LogP) is 6.07. The lowest BCUT2D eigenvalue weighted by Crippen LogP contribution is -2.25. The van der Waals surface area contributed by atoms with Crippen molar-refractivity contribution >= 4 is 23.3 Å². The molecule has 0 spiro atoms. The highest BCUT2D eigenvalue weighted by atomic mass is 32.1. The molecule has 176 valence electrons. The smallest absolute Gasteiger partial charge is 0.264 e. The maximum atomic E-state index is 10.1. The van der Waals surface area contributed by atoms with Crippen LogP contribution in [0.1, 0.15) is 45.7 Å². The van der Waals surface area contributed by atoms with Gasteiger partial charge in [0.05, 0.1) is 0 Å². The second kappa shape index (κ2) is 20.7. The van der Waals surface area contributed by atoms with Crippen molar-refractivity contribution < 1.29 is 14.6 Å². The molecule has 1 N–H and O–H groups in total. The molecule has 0 atom stereocenters. The van der Waals surface area contributed by atoms with Crippen molar-refractivity contribution in [3.63, 3.8) is 0 Å². The summed E-state index contributed by atoms with van der Waals surface area (Å²) in [6.07, 6.45) is 0. The summed E-state index contributed by atoms with van der Waals surface area (Å²) in [6.45, 7) is 13.4. The Balaban J connectivity index is -0.000000375. The van der Waals surface area contributed by atoms with Crippen LogP contribution >= 0.6 is 12.2 Å². The summed E-state index contributed by atoms with van der Waals surface area (Å²) in [5, 5.41) is 9.40. The number of para-hydroxylation sites is 2. The number of aromatic hydroxyl groups is 1. The standard InChI is InChI=1S/C10H13NOS.C7H8O.C4H9NO.2C2H6/c1-8-6-4-5-7-9(8)12-10(13)11(2)3;1-6-4-2-3-5-7(6)8;1-4(6)5(2)3;2*1-2/h4-7H,1-3H3;2-5,8H,1H3;1-3H3;2*1-2H3. The van der Waals surface area contributed by atoms with Gasteiger partial charge in [-0.2, -0.15) is 0 Å². The number of aryl methyl sites for hydroxylation is 2. The second-order valence-corrected chi connectivity index (χ2v) is 6.58. The van der Waals surface area contributed by atoms with Crippen LogP contribution in [0.25, 0.3) is 0 Å². The molecule has 0 radical (unpaired) electrons. The minimum Gasteiger partial charge on any atom is -0.508 e. The van der Waals surface area contributed by atoms with Crippen molar-refractivity contribution in [2.24, 2.45) is 0 Å². The molecule has 0 aliphatic rings. The van der Waals surface area contributed by atoms with Crippen molar-refractivity contribution in [2.45, 2.75) is 48.5 Å². The molecule has 2 aromatic rings. The van der Waals surface area contributed by atoms with E-state index in [9.17, 15) is 4.79 Å². The van der Waals surface area contributed by atoms with Crippen LogP contribution in [-0.4, -0.2) is 54.2 Å². The lowest BCUT2D eigenvalue weighted by Gasteiger charge is -2.15. The van der Waals surface area contributed by atoms with Crippen molar-refractivity contribution in [3.05, 3.63) is 59.7 Å². The van der Waals surface area contributed by atoms with E-state index < -0.39 is 0 Å². The minimum atomic E-state index is 0.0926. The van der Waals surface area contributed by atoms with Crippen molar-refractivity contribution in [2.75, 3.05) is 28.2 Å². The molecule has 0 bridgehead atoms. The first-order valence-corrected chi connectivity index (χ1v) is 10.8. The Hall–Kier alpha value is -2.60. The van der Waals surface area contributed by atoms with Crippen LogP contribution in [0.2, 0.25) is 0 Å². The molecule has 5 nitrogen and oxygen atoms in total. The number of phenolic OH excluding ortho intramolecular Hbond substituents is 1. The molecule has 0 heterocycles. The molecule has 0 aliphatic heterocycles. The molecule has 0 aromatic heterocycles. The number of rotatable bonds is 1. The van der Waals surface area contributed by atoms with Gasteiger partial charge in [0.1, 0.15) is 11.5 Å². The van der Waals surface area contributed by atoms with Gasteiger partial charge in [0.15, 0.2) is 0 Å². The SMILES string of the molecule is CC.CC.CC(=O)N(C)C.Cc1ccccc1O.Cc1ccccc1OC(=S)N(C)C. The highest BCUT2D eigenvalue weighted by molar-refractivity contribution is 7.80. The van der Waals surface area contributed by atoms with Crippen LogP contribution in [0.4, 0.5) is 0 Å². The van der Waals surface area contributed by atoms with Crippen LogP contribution < -0.4 is 4.74 Å². The Morgan fingerprint density at radius 2 is 1.19 bits per heavy atom. The molecule has 0 unspecified atom stereocenters. The largest absolute Gasteiger partial charge is 0.508 e. The van der Waals surface area contributed by atoms with Crippen LogP contribution in [0, 0.1) is 13.8 Å². The summed E-state index contributed by atoms with van der Waals surface area (Å²) in [4.78, 5) is 13.4. The van der Waals surface area contributed by atoms with Crippen LogP contribution in [0.3, 0.4) is 0 Å². The number of ether oxygens (including phenoxy) is 1. The first-order valence-electron chi connectivity index (χ1n) is 10.4. The summed E-state index contributed by atoms with van der Waals surface area (Å²) in [6, 6.07) is 15.1. The quantitative estimate of drug-likeness (QED) is 0.535. The number of hydrogen-bond acceptors (Lipinski definition) is 4. The Morgan fingerprint density at radius 1 is 0.806 bits per heavy atom. The summed E-state index contributed by atoms with van der Waals surface area (Å²) in [7, 11) is 7.17. The van der Waals surface area contributed by atoms with Gasteiger partial charge in [-0.1, -0.05) is 64.1 Å². The molecule has 0 saturated carbocycles. The van der Waals surface area contributed by atoms with E-state index in [0.29, 0.717) is 10.9 Å². The first-order chi connectivity index (χ1) is 14.6. The van der Waals surface area contributed by atoms with Gasteiger partial charge in [-0.15, -0.1) is 0 Å². The molecule has 0 fully saturated rings. The summed E-state index contributed by atoms with van der Waals surface area (Å²) in [5.74, 6) is 1.28. The summed E-state index contributed by atoms with van der Waals surface area (Å²) in [5.41, 5.74) is 2.01. The first kappa shape index (κ1) is 33.0. The third-order valence-electron chi connectivity index (χ3n) is 3.40. The molecular weight excluding hydrogens is 408 g/mol. The lowest BCUT2D eigenvalue weighted by molar-refractivity contribution is -0.126.